The van der Waals surface area contributed by atoms with E-state index in [9.17, 15) is 4.79 Å². The Labute approximate surface area is 108 Å². The van der Waals surface area contributed by atoms with Gasteiger partial charge >= 0.3 is 0 Å². The summed E-state index contributed by atoms with van der Waals surface area (Å²) in [7, 11) is 0. The van der Waals surface area contributed by atoms with Gasteiger partial charge in [-0.1, -0.05) is 0 Å². The number of halogens is 2. The molecule has 0 aliphatic heterocycles. The minimum absolute atomic E-state index is 0.102. The third-order valence-electron chi connectivity index (χ3n) is 1.88. The first-order valence-electron chi connectivity index (χ1n) is 4.15. The molecule has 0 N–H and O–H groups in total. The van der Waals surface area contributed by atoms with Crippen LogP contribution in [0.25, 0.3) is 0 Å². The molecule has 0 amide bonds. The molecule has 0 aliphatic rings. The zero-order chi connectivity index (χ0) is 10.8. The molecular weight excluding hydrogens is 344 g/mol. The second-order valence-corrected chi connectivity index (χ2v) is 6.07. The van der Waals surface area contributed by atoms with E-state index < -0.39 is 0 Å². The Bertz CT molecular complexity index is 487. The van der Waals surface area contributed by atoms with Crippen molar-refractivity contribution in [3.8, 4) is 0 Å². The van der Waals surface area contributed by atoms with Crippen molar-refractivity contribution in [3.05, 3.63) is 43.4 Å². The molecule has 0 unspecified atom stereocenters. The maximum atomic E-state index is 11.8. The van der Waals surface area contributed by atoms with Crippen molar-refractivity contribution in [2.75, 3.05) is 0 Å². The number of rotatable bonds is 3. The van der Waals surface area contributed by atoms with Crippen molar-refractivity contribution in [3.63, 3.8) is 0 Å². The lowest BCUT2D eigenvalue weighted by molar-refractivity contribution is 0.0993. The number of ketones is 1. The third-order valence-corrected chi connectivity index (χ3v) is 3.80. The molecule has 0 atom stereocenters. The smallest absolute Gasteiger partial charge is 0.169 e. The number of hydrogen-bond acceptors (Lipinski definition) is 3. The van der Waals surface area contributed by atoms with E-state index in [-0.39, 0.29) is 5.78 Å². The SMILES string of the molecule is O=C(Cc1coc(Br)c1)c1csc(Br)c1. The second kappa shape index (κ2) is 4.63. The van der Waals surface area contributed by atoms with Gasteiger partial charge in [-0.25, -0.2) is 0 Å². The van der Waals surface area contributed by atoms with Crippen LogP contribution < -0.4 is 0 Å². The number of furan rings is 1. The zero-order valence-electron chi connectivity index (χ0n) is 7.50. The summed E-state index contributed by atoms with van der Waals surface area (Å²) >= 11 is 8.04. The first-order valence-corrected chi connectivity index (χ1v) is 6.62. The summed E-state index contributed by atoms with van der Waals surface area (Å²) in [5.41, 5.74) is 1.62. The van der Waals surface area contributed by atoms with Crippen LogP contribution in [0.4, 0.5) is 0 Å². The fraction of sp³-hybridized carbons (Fsp3) is 0.100. The molecule has 15 heavy (non-hydrogen) atoms. The molecule has 0 aromatic carbocycles. The summed E-state index contributed by atoms with van der Waals surface area (Å²) in [6.07, 6.45) is 1.96. The van der Waals surface area contributed by atoms with Gasteiger partial charge in [0.1, 0.15) is 0 Å². The second-order valence-electron chi connectivity index (χ2n) is 3.00. The summed E-state index contributed by atoms with van der Waals surface area (Å²) in [5.74, 6) is 0.102. The molecule has 2 rings (SSSR count). The van der Waals surface area contributed by atoms with Crippen LogP contribution >= 0.6 is 43.2 Å². The van der Waals surface area contributed by atoms with Crippen LogP contribution in [-0.2, 0) is 6.42 Å². The average Bonchev–Trinajstić information content (AvgIpc) is 2.75. The fourth-order valence-electron chi connectivity index (χ4n) is 1.18. The van der Waals surface area contributed by atoms with E-state index in [2.05, 4.69) is 31.9 Å². The normalized spacial score (nSPS) is 10.5. The lowest BCUT2D eigenvalue weighted by Crippen LogP contribution is -2.00. The number of carbonyl (C=O) groups is 1. The standard InChI is InChI=1S/C10H6Br2O2S/c11-9-2-6(4-14-9)1-8(13)7-3-10(12)15-5-7/h2-5H,1H2. The highest BCUT2D eigenvalue weighted by atomic mass is 79.9. The highest BCUT2D eigenvalue weighted by molar-refractivity contribution is 9.11. The van der Waals surface area contributed by atoms with E-state index in [0.29, 0.717) is 11.1 Å². The Morgan fingerprint density at radius 3 is 2.73 bits per heavy atom. The molecule has 0 radical (unpaired) electrons. The van der Waals surface area contributed by atoms with Crippen molar-refractivity contribution < 1.29 is 9.21 Å². The van der Waals surface area contributed by atoms with Gasteiger partial charge in [-0.3, -0.25) is 4.79 Å². The van der Waals surface area contributed by atoms with E-state index in [1.807, 2.05) is 11.4 Å². The molecule has 2 aromatic rings. The van der Waals surface area contributed by atoms with Gasteiger partial charge in [0.05, 0.1) is 10.0 Å². The summed E-state index contributed by atoms with van der Waals surface area (Å²) in [4.78, 5) is 11.8. The molecule has 0 aliphatic carbocycles. The van der Waals surface area contributed by atoms with Gasteiger partial charge in [-0.05, 0) is 49.6 Å². The van der Waals surface area contributed by atoms with Gasteiger partial charge in [0, 0.05) is 17.4 Å². The highest BCUT2D eigenvalue weighted by Gasteiger charge is 2.10. The average molecular weight is 350 g/mol. The Morgan fingerprint density at radius 2 is 2.20 bits per heavy atom. The predicted octanol–water partition coefficient (Wildman–Crippen LogP) is 4.29. The molecule has 0 saturated carbocycles. The lowest BCUT2D eigenvalue weighted by atomic mass is 10.1. The van der Waals surface area contributed by atoms with Gasteiger partial charge in [0.15, 0.2) is 10.5 Å². The number of Topliss-reactive ketones (excluding diaryl/α,β-unsaturated/α-hetero) is 1. The van der Waals surface area contributed by atoms with Crippen LogP contribution in [0.5, 0.6) is 0 Å². The summed E-state index contributed by atoms with van der Waals surface area (Å²) < 4.78 is 6.69. The molecule has 2 heterocycles. The van der Waals surface area contributed by atoms with Crippen molar-refractivity contribution in [2.45, 2.75) is 6.42 Å². The van der Waals surface area contributed by atoms with Crippen molar-refractivity contribution in [2.24, 2.45) is 0 Å². The summed E-state index contributed by atoms with van der Waals surface area (Å²) in [6.45, 7) is 0. The van der Waals surface area contributed by atoms with E-state index >= 15 is 0 Å². The minimum Gasteiger partial charge on any atom is -0.457 e. The fourth-order valence-corrected chi connectivity index (χ4v) is 2.73. The van der Waals surface area contributed by atoms with Gasteiger partial charge in [0.25, 0.3) is 0 Å². The summed E-state index contributed by atoms with van der Waals surface area (Å²) in [6, 6.07) is 3.64. The lowest BCUT2D eigenvalue weighted by Gasteiger charge is -1.93. The number of carbonyl (C=O) groups excluding carboxylic acids is 1. The topological polar surface area (TPSA) is 30.2 Å². The van der Waals surface area contributed by atoms with Crippen LogP contribution in [0.3, 0.4) is 0 Å². The van der Waals surface area contributed by atoms with E-state index in [0.717, 1.165) is 14.9 Å². The molecule has 2 nitrogen and oxygen atoms in total. The van der Waals surface area contributed by atoms with Crippen LogP contribution in [0.1, 0.15) is 15.9 Å². The maximum Gasteiger partial charge on any atom is 0.169 e. The van der Waals surface area contributed by atoms with Crippen molar-refractivity contribution >= 4 is 49.0 Å². The van der Waals surface area contributed by atoms with E-state index in [1.54, 1.807) is 12.3 Å². The monoisotopic (exact) mass is 348 g/mol. The highest BCUT2D eigenvalue weighted by Crippen LogP contribution is 2.22. The third kappa shape index (κ3) is 2.80. The van der Waals surface area contributed by atoms with Gasteiger partial charge in [0.2, 0.25) is 0 Å². The summed E-state index contributed by atoms with van der Waals surface area (Å²) in [5, 5.41) is 1.85. The van der Waals surface area contributed by atoms with Crippen molar-refractivity contribution in [1.29, 1.82) is 0 Å². The predicted molar refractivity (Wildman–Crippen MR) is 66.5 cm³/mol. The van der Waals surface area contributed by atoms with E-state index in [4.69, 9.17) is 4.42 Å². The molecule has 0 fully saturated rings. The Kier molecular flexibility index (Phi) is 3.43. The molecule has 5 heteroatoms. The van der Waals surface area contributed by atoms with Gasteiger partial charge in [-0.15, -0.1) is 11.3 Å². The molecule has 0 spiro atoms. The number of thiophene rings is 1. The van der Waals surface area contributed by atoms with Crippen LogP contribution in [0, 0.1) is 0 Å². The molecule has 0 bridgehead atoms. The molecular formula is C10H6Br2O2S. The Hall–Kier alpha value is -0.390. The van der Waals surface area contributed by atoms with Crippen LogP contribution in [0.15, 0.2) is 36.6 Å². The van der Waals surface area contributed by atoms with Gasteiger partial charge in [-0.2, -0.15) is 0 Å². The van der Waals surface area contributed by atoms with Crippen LogP contribution in [-0.4, -0.2) is 5.78 Å². The van der Waals surface area contributed by atoms with Crippen LogP contribution in [0.2, 0.25) is 0 Å². The largest absolute Gasteiger partial charge is 0.457 e. The zero-order valence-corrected chi connectivity index (χ0v) is 11.5. The first kappa shape index (κ1) is 11.1. The molecule has 78 valence electrons. The van der Waals surface area contributed by atoms with E-state index in [1.165, 1.54) is 11.3 Å². The number of hydrogen-bond donors (Lipinski definition) is 0. The first-order chi connectivity index (χ1) is 7.15. The molecule has 0 saturated heterocycles. The maximum absolute atomic E-state index is 11.8. The quantitative estimate of drug-likeness (QED) is 0.773. The van der Waals surface area contributed by atoms with Gasteiger partial charge < -0.3 is 4.42 Å². The molecule has 2 aromatic heterocycles. The van der Waals surface area contributed by atoms with Crippen molar-refractivity contribution in [1.82, 2.24) is 0 Å². The minimum atomic E-state index is 0.102. The Balaban J connectivity index is 2.10. The Morgan fingerprint density at radius 1 is 1.40 bits per heavy atom.